The Labute approximate surface area is 120 Å². The zero-order valence-corrected chi connectivity index (χ0v) is 12.9. The Bertz CT molecular complexity index is 570. The van der Waals surface area contributed by atoms with Gasteiger partial charge in [0, 0.05) is 6.26 Å². The monoisotopic (exact) mass is 298 g/mol. The lowest BCUT2D eigenvalue weighted by molar-refractivity contribution is -0.123. The third kappa shape index (κ3) is 5.30. The normalized spacial score (nSPS) is 14.6. The van der Waals surface area contributed by atoms with Gasteiger partial charge in [-0.05, 0) is 31.4 Å². The molecule has 1 aromatic carbocycles. The summed E-state index contributed by atoms with van der Waals surface area (Å²) in [6, 6.07) is 6.80. The van der Waals surface area contributed by atoms with Crippen LogP contribution in [0.15, 0.2) is 24.3 Å². The zero-order valence-electron chi connectivity index (χ0n) is 12.1. The fourth-order valence-electron chi connectivity index (χ4n) is 1.94. The first-order valence-corrected chi connectivity index (χ1v) is 8.56. The first-order valence-electron chi connectivity index (χ1n) is 6.50. The van der Waals surface area contributed by atoms with Crippen LogP contribution in [0.1, 0.15) is 30.5 Å². The molecule has 5 nitrogen and oxygen atoms in total. The zero-order chi connectivity index (χ0) is 15.3. The van der Waals surface area contributed by atoms with E-state index in [2.05, 4.69) is 5.32 Å². The van der Waals surface area contributed by atoms with E-state index in [1.807, 2.05) is 38.1 Å². The first-order chi connectivity index (χ1) is 9.20. The van der Waals surface area contributed by atoms with Crippen molar-refractivity contribution < 1.29 is 13.2 Å². The summed E-state index contributed by atoms with van der Waals surface area (Å²) >= 11 is 0. The lowest BCUT2D eigenvalue weighted by Gasteiger charge is -2.19. The Kier molecular flexibility index (Phi) is 5.71. The molecule has 1 rings (SSSR count). The SMILES string of the molecule is Cc1ccccc1C(C)NC(=O)C(N)CCS(C)(=O)=O. The Hall–Kier alpha value is -1.40. The van der Waals surface area contributed by atoms with Crippen LogP contribution < -0.4 is 11.1 Å². The largest absolute Gasteiger partial charge is 0.348 e. The first kappa shape index (κ1) is 16.7. The van der Waals surface area contributed by atoms with Gasteiger partial charge >= 0.3 is 0 Å². The number of aryl methyl sites for hydroxylation is 1. The number of hydrogen-bond donors (Lipinski definition) is 2. The minimum Gasteiger partial charge on any atom is -0.348 e. The van der Waals surface area contributed by atoms with Crippen molar-refractivity contribution in [2.45, 2.75) is 32.4 Å². The van der Waals surface area contributed by atoms with Crippen LogP contribution in [-0.4, -0.2) is 32.4 Å². The predicted octanol–water partition coefficient (Wildman–Crippen LogP) is 0.934. The van der Waals surface area contributed by atoms with Crippen LogP contribution in [0.2, 0.25) is 0 Å². The second-order valence-electron chi connectivity index (χ2n) is 5.11. The van der Waals surface area contributed by atoms with Crippen LogP contribution >= 0.6 is 0 Å². The maximum Gasteiger partial charge on any atom is 0.237 e. The number of hydrogen-bond acceptors (Lipinski definition) is 4. The summed E-state index contributed by atoms with van der Waals surface area (Å²) in [7, 11) is -3.10. The highest BCUT2D eigenvalue weighted by atomic mass is 32.2. The van der Waals surface area contributed by atoms with E-state index in [0.29, 0.717) is 0 Å². The summed E-state index contributed by atoms with van der Waals surface area (Å²) in [6.45, 7) is 3.85. The lowest BCUT2D eigenvalue weighted by atomic mass is 10.0. The van der Waals surface area contributed by atoms with Crippen molar-refractivity contribution >= 4 is 15.7 Å². The number of sulfone groups is 1. The van der Waals surface area contributed by atoms with Gasteiger partial charge in [0.1, 0.15) is 9.84 Å². The minimum absolute atomic E-state index is 0.0830. The van der Waals surface area contributed by atoms with Gasteiger partial charge in [0.15, 0.2) is 0 Å². The van der Waals surface area contributed by atoms with Crippen LogP contribution in [0.4, 0.5) is 0 Å². The third-order valence-corrected chi connectivity index (χ3v) is 4.13. The summed E-state index contributed by atoms with van der Waals surface area (Å²) in [5.74, 6) is -0.412. The van der Waals surface area contributed by atoms with Gasteiger partial charge in [0.25, 0.3) is 0 Å². The number of carbonyl (C=O) groups excluding carboxylic acids is 1. The van der Waals surface area contributed by atoms with Crippen LogP contribution in [0, 0.1) is 6.92 Å². The molecular weight excluding hydrogens is 276 g/mol. The predicted molar refractivity (Wildman–Crippen MR) is 80.0 cm³/mol. The number of amides is 1. The van der Waals surface area contributed by atoms with Crippen molar-refractivity contribution in [1.82, 2.24) is 5.32 Å². The van der Waals surface area contributed by atoms with Gasteiger partial charge < -0.3 is 11.1 Å². The van der Waals surface area contributed by atoms with Crippen molar-refractivity contribution in [1.29, 1.82) is 0 Å². The molecule has 20 heavy (non-hydrogen) atoms. The molecule has 112 valence electrons. The van der Waals surface area contributed by atoms with Crippen molar-refractivity contribution in [3.8, 4) is 0 Å². The summed E-state index contributed by atoms with van der Waals surface area (Å²) in [4.78, 5) is 11.9. The van der Waals surface area contributed by atoms with E-state index in [4.69, 9.17) is 5.73 Å². The molecule has 6 heteroatoms. The number of carbonyl (C=O) groups is 1. The van der Waals surface area contributed by atoms with Crippen molar-refractivity contribution in [2.75, 3.05) is 12.0 Å². The quantitative estimate of drug-likeness (QED) is 0.817. The smallest absolute Gasteiger partial charge is 0.237 e. The van der Waals surface area contributed by atoms with Gasteiger partial charge in [-0.25, -0.2) is 8.42 Å². The second-order valence-corrected chi connectivity index (χ2v) is 7.37. The average Bonchev–Trinajstić information content (AvgIpc) is 2.35. The molecule has 3 N–H and O–H groups in total. The topological polar surface area (TPSA) is 89.3 Å². The molecule has 2 unspecified atom stereocenters. The van der Waals surface area contributed by atoms with Gasteiger partial charge in [0.2, 0.25) is 5.91 Å². The van der Waals surface area contributed by atoms with E-state index >= 15 is 0 Å². The van der Waals surface area contributed by atoms with E-state index in [-0.39, 0.29) is 24.1 Å². The third-order valence-electron chi connectivity index (χ3n) is 3.15. The summed E-state index contributed by atoms with van der Waals surface area (Å²) in [5.41, 5.74) is 7.82. The highest BCUT2D eigenvalue weighted by Crippen LogP contribution is 2.16. The highest BCUT2D eigenvalue weighted by Gasteiger charge is 2.18. The second kappa shape index (κ2) is 6.85. The standard InChI is InChI=1S/C14H22N2O3S/c1-10-6-4-5-7-12(10)11(2)16-14(17)13(15)8-9-20(3,18)19/h4-7,11,13H,8-9,15H2,1-3H3,(H,16,17). The molecule has 0 fully saturated rings. The van der Waals surface area contributed by atoms with E-state index < -0.39 is 15.9 Å². The Balaban J connectivity index is 2.60. The van der Waals surface area contributed by atoms with Gasteiger partial charge in [-0.2, -0.15) is 0 Å². The number of benzene rings is 1. The van der Waals surface area contributed by atoms with Crippen molar-refractivity contribution in [2.24, 2.45) is 5.73 Å². The van der Waals surface area contributed by atoms with E-state index in [0.717, 1.165) is 17.4 Å². The number of nitrogens with two attached hydrogens (primary N) is 1. The minimum atomic E-state index is -3.10. The maximum atomic E-state index is 11.9. The summed E-state index contributed by atoms with van der Waals surface area (Å²) in [5, 5.41) is 2.81. The fourth-order valence-corrected chi connectivity index (χ4v) is 2.63. The van der Waals surface area contributed by atoms with Crippen LogP contribution in [-0.2, 0) is 14.6 Å². The molecule has 0 aliphatic rings. The molecule has 0 aromatic heterocycles. The molecule has 2 atom stereocenters. The molecular formula is C14H22N2O3S. The Morgan fingerprint density at radius 1 is 1.35 bits per heavy atom. The van der Waals surface area contributed by atoms with Crippen molar-refractivity contribution in [3.05, 3.63) is 35.4 Å². The molecule has 0 bridgehead atoms. The summed E-state index contributed by atoms with van der Waals surface area (Å²) < 4.78 is 22.1. The number of rotatable bonds is 6. The van der Waals surface area contributed by atoms with Crippen molar-refractivity contribution in [3.63, 3.8) is 0 Å². The highest BCUT2D eigenvalue weighted by molar-refractivity contribution is 7.90. The lowest BCUT2D eigenvalue weighted by Crippen LogP contribution is -2.42. The molecule has 0 saturated heterocycles. The molecule has 1 aromatic rings. The molecule has 0 aliphatic heterocycles. The molecule has 1 amide bonds. The number of nitrogens with one attached hydrogen (secondary N) is 1. The maximum absolute atomic E-state index is 11.9. The molecule has 0 aliphatic carbocycles. The van der Waals surface area contributed by atoms with Crippen LogP contribution in [0.3, 0.4) is 0 Å². The van der Waals surface area contributed by atoms with E-state index in [1.165, 1.54) is 0 Å². The van der Waals surface area contributed by atoms with Gasteiger partial charge in [0.05, 0.1) is 17.8 Å². The van der Waals surface area contributed by atoms with Gasteiger partial charge in [-0.1, -0.05) is 24.3 Å². The van der Waals surface area contributed by atoms with Gasteiger partial charge in [-0.3, -0.25) is 4.79 Å². The van der Waals surface area contributed by atoms with E-state index in [9.17, 15) is 13.2 Å². The molecule has 0 saturated carbocycles. The molecule has 0 heterocycles. The van der Waals surface area contributed by atoms with Gasteiger partial charge in [-0.15, -0.1) is 0 Å². The Morgan fingerprint density at radius 3 is 2.50 bits per heavy atom. The Morgan fingerprint density at radius 2 is 1.95 bits per heavy atom. The average molecular weight is 298 g/mol. The van der Waals surface area contributed by atoms with Crippen LogP contribution in [0.25, 0.3) is 0 Å². The fraction of sp³-hybridized carbons (Fsp3) is 0.500. The summed E-state index contributed by atoms with van der Waals surface area (Å²) in [6.07, 6.45) is 1.26. The molecule has 0 spiro atoms. The van der Waals surface area contributed by atoms with E-state index in [1.54, 1.807) is 0 Å². The molecule has 0 radical (unpaired) electrons. The van der Waals surface area contributed by atoms with Crippen LogP contribution in [0.5, 0.6) is 0 Å².